The van der Waals surface area contributed by atoms with Gasteiger partial charge in [-0.25, -0.2) is 26.4 Å². The first kappa shape index (κ1) is 45.2. The SMILES string of the molecule is N#Cc1ccc(NC(=O)Nc2cccc(Cl)c2Cl)c(NS(=O)(=O)c2cccc3cnccc23)c1.N#Cc1ccc(NC(=O)Nc2ccccc2Cl)c(NS(=O)(=O)c2ccccc2)c1. The van der Waals surface area contributed by atoms with Gasteiger partial charge in [-0.15, -0.1) is 0 Å². The zero-order chi connectivity index (χ0) is 45.1. The summed E-state index contributed by atoms with van der Waals surface area (Å²) in [6, 6.07) is 36.6. The number of aromatic nitrogens is 1. The zero-order valence-electron chi connectivity index (χ0n) is 32.1. The second-order valence-electron chi connectivity index (χ2n) is 12.9. The molecule has 0 unspecified atom stereocenters. The molecular formula is C43H30Cl3N9O6S2. The molecule has 0 bridgehead atoms. The summed E-state index contributed by atoms with van der Waals surface area (Å²) in [6.07, 6.45) is 3.05. The van der Waals surface area contributed by atoms with E-state index >= 15 is 0 Å². The Labute approximate surface area is 376 Å². The van der Waals surface area contributed by atoms with Gasteiger partial charge in [-0.2, -0.15) is 10.5 Å². The van der Waals surface area contributed by atoms with Crippen molar-refractivity contribution in [3.8, 4) is 12.1 Å². The lowest BCUT2D eigenvalue weighted by Crippen LogP contribution is -2.21. The number of carbonyl (C=O) groups is 2. The average Bonchev–Trinajstić information content (AvgIpc) is 3.27. The molecule has 0 radical (unpaired) electrons. The van der Waals surface area contributed by atoms with Gasteiger partial charge < -0.3 is 21.3 Å². The molecule has 0 aliphatic rings. The van der Waals surface area contributed by atoms with Gasteiger partial charge in [-0.1, -0.05) is 83.3 Å². The van der Waals surface area contributed by atoms with Crippen molar-refractivity contribution < 1.29 is 26.4 Å². The normalized spacial score (nSPS) is 10.8. The zero-order valence-corrected chi connectivity index (χ0v) is 36.0. The van der Waals surface area contributed by atoms with Gasteiger partial charge in [-0.05, 0) is 84.9 Å². The first-order valence-electron chi connectivity index (χ1n) is 18.0. The molecule has 316 valence electrons. The number of urea groups is 2. The van der Waals surface area contributed by atoms with Gasteiger partial charge in [0.15, 0.2) is 0 Å². The third-order valence-electron chi connectivity index (χ3n) is 8.59. The Bertz CT molecular complexity index is 3180. The molecule has 1 heterocycles. The number of pyridine rings is 1. The minimum Gasteiger partial charge on any atom is -0.306 e. The molecule has 0 fully saturated rings. The van der Waals surface area contributed by atoms with Gasteiger partial charge in [0, 0.05) is 23.2 Å². The summed E-state index contributed by atoms with van der Waals surface area (Å²) in [7, 11) is -8.01. The number of amides is 4. The molecule has 0 aliphatic carbocycles. The van der Waals surface area contributed by atoms with Crippen LogP contribution < -0.4 is 30.7 Å². The second-order valence-corrected chi connectivity index (χ2v) is 17.4. The first-order valence-corrected chi connectivity index (χ1v) is 22.1. The van der Waals surface area contributed by atoms with E-state index < -0.39 is 32.1 Å². The molecule has 1 aromatic heterocycles. The number of hydrogen-bond donors (Lipinski definition) is 6. The monoisotopic (exact) mass is 937 g/mol. The van der Waals surface area contributed by atoms with E-state index in [0.717, 1.165) is 0 Å². The number of carbonyl (C=O) groups excluding carboxylic acids is 2. The van der Waals surface area contributed by atoms with Crippen molar-refractivity contribution in [2.24, 2.45) is 0 Å². The van der Waals surface area contributed by atoms with Crippen LogP contribution in [0, 0.1) is 22.7 Å². The van der Waals surface area contributed by atoms with Crippen LogP contribution in [0.4, 0.5) is 43.7 Å². The van der Waals surface area contributed by atoms with E-state index in [2.05, 4.69) is 35.7 Å². The summed E-state index contributed by atoms with van der Waals surface area (Å²) in [5, 5.41) is 30.6. The molecule has 4 amide bonds. The number of fused-ring (bicyclic) bond motifs is 1. The van der Waals surface area contributed by atoms with Gasteiger partial charge in [0.25, 0.3) is 20.0 Å². The van der Waals surface area contributed by atoms with Gasteiger partial charge >= 0.3 is 12.1 Å². The lowest BCUT2D eigenvalue weighted by molar-refractivity contribution is 0.261. The van der Waals surface area contributed by atoms with Crippen molar-refractivity contribution in [2.75, 3.05) is 30.7 Å². The third-order valence-corrected chi connectivity index (χ3v) is 12.5. The maximum atomic E-state index is 13.3. The summed E-state index contributed by atoms with van der Waals surface area (Å²) in [6.45, 7) is 0. The van der Waals surface area contributed by atoms with Crippen molar-refractivity contribution >= 4 is 112 Å². The number of sulfonamides is 2. The maximum Gasteiger partial charge on any atom is 0.323 e. The van der Waals surface area contributed by atoms with Crippen molar-refractivity contribution in [1.29, 1.82) is 10.5 Å². The highest BCUT2D eigenvalue weighted by molar-refractivity contribution is 7.93. The lowest BCUT2D eigenvalue weighted by Gasteiger charge is -2.16. The number of hydrogen-bond acceptors (Lipinski definition) is 9. The highest BCUT2D eigenvalue weighted by atomic mass is 35.5. The van der Waals surface area contributed by atoms with Gasteiger partial charge in [-0.3, -0.25) is 14.4 Å². The summed E-state index contributed by atoms with van der Waals surface area (Å²) >= 11 is 18.1. The number of halogens is 3. The number of anilines is 6. The molecule has 0 saturated carbocycles. The lowest BCUT2D eigenvalue weighted by atomic mass is 10.2. The number of benzene rings is 6. The highest BCUT2D eigenvalue weighted by Gasteiger charge is 2.21. The van der Waals surface area contributed by atoms with Crippen molar-refractivity contribution in [3.05, 3.63) is 172 Å². The van der Waals surface area contributed by atoms with E-state index in [9.17, 15) is 31.7 Å². The van der Waals surface area contributed by atoms with Crippen LogP contribution in [0.5, 0.6) is 0 Å². The van der Waals surface area contributed by atoms with Crippen LogP contribution in [-0.4, -0.2) is 33.9 Å². The van der Waals surface area contributed by atoms with E-state index in [4.69, 9.17) is 40.1 Å². The molecule has 0 aliphatic heterocycles. The van der Waals surface area contributed by atoms with Crippen molar-refractivity contribution in [3.63, 3.8) is 0 Å². The molecule has 7 rings (SSSR count). The van der Waals surface area contributed by atoms with Crippen LogP contribution in [0.25, 0.3) is 10.8 Å². The molecule has 6 N–H and O–H groups in total. The maximum absolute atomic E-state index is 13.3. The highest BCUT2D eigenvalue weighted by Crippen LogP contribution is 2.32. The Morgan fingerprint density at radius 1 is 0.524 bits per heavy atom. The third kappa shape index (κ3) is 11.5. The molecule has 0 spiro atoms. The minimum absolute atomic E-state index is 0.0115. The Hall–Kier alpha value is -7.38. The van der Waals surface area contributed by atoms with Crippen LogP contribution in [0.3, 0.4) is 0 Å². The molecule has 7 aromatic rings. The molecule has 6 aromatic carbocycles. The summed E-state index contributed by atoms with van der Waals surface area (Å²) in [5.74, 6) is 0. The predicted molar refractivity (Wildman–Crippen MR) is 245 cm³/mol. The summed E-state index contributed by atoms with van der Waals surface area (Å²) < 4.78 is 56.7. The second kappa shape index (κ2) is 20.0. The van der Waals surface area contributed by atoms with E-state index in [0.29, 0.717) is 21.5 Å². The Balaban J connectivity index is 0.000000213. The van der Waals surface area contributed by atoms with Gasteiger partial charge in [0.1, 0.15) is 0 Å². The number of nitriles is 2. The molecule has 15 nitrogen and oxygen atoms in total. The first-order chi connectivity index (χ1) is 30.2. The van der Waals surface area contributed by atoms with Crippen LogP contribution in [0.2, 0.25) is 15.1 Å². The molecule has 0 atom stereocenters. The molecule has 0 saturated heterocycles. The standard InChI is InChI=1S/C23H15Cl2N5O3S.C20H15ClN4O3S/c24-17-4-2-5-19(22(17)25)29-23(31)28-18-8-7-14(12-26)11-20(18)30-34(32,33)21-6-1-3-15-13-27-10-9-16(15)21;21-16-8-4-5-9-17(16)23-20(26)24-18-11-10-14(13-22)12-19(18)25-29(27,28)15-6-2-1-3-7-15/h1-11,13,30H,(H2,28,29,31);1-12,25H,(H2,23,24,26). The molecule has 20 heteroatoms. The van der Waals surface area contributed by atoms with E-state index in [-0.39, 0.29) is 59.4 Å². The van der Waals surface area contributed by atoms with Crippen LogP contribution >= 0.6 is 34.8 Å². The number of nitrogens with one attached hydrogen (secondary N) is 6. The fourth-order valence-corrected chi connectivity index (χ4v) is 8.58. The van der Waals surface area contributed by atoms with Gasteiger partial charge in [0.2, 0.25) is 0 Å². The quantitative estimate of drug-likeness (QED) is 0.0764. The summed E-state index contributed by atoms with van der Waals surface area (Å²) in [4.78, 5) is 29.0. The average molecular weight is 939 g/mol. The fourth-order valence-electron chi connectivity index (χ4n) is 5.66. The molecule has 63 heavy (non-hydrogen) atoms. The Morgan fingerprint density at radius 3 is 1.67 bits per heavy atom. The largest absolute Gasteiger partial charge is 0.323 e. The van der Waals surface area contributed by atoms with E-state index in [1.165, 1.54) is 60.8 Å². The van der Waals surface area contributed by atoms with E-state index in [1.807, 2.05) is 12.1 Å². The topological polar surface area (TPSA) is 235 Å². The summed E-state index contributed by atoms with van der Waals surface area (Å²) in [5.41, 5.74) is 1.46. The minimum atomic E-state index is -4.09. The van der Waals surface area contributed by atoms with Crippen molar-refractivity contribution in [2.45, 2.75) is 9.79 Å². The molecular weight excluding hydrogens is 909 g/mol. The predicted octanol–water partition coefficient (Wildman–Crippen LogP) is 10.5. The Kier molecular flexibility index (Phi) is 14.3. The van der Waals surface area contributed by atoms with Crippen molar-refractivity contribution in [1.82, 2.24) is 4.98 Å². The number of para-hydroxylation sites is 1. The van der Waals surface area contributed by atoms with E-state index in [1.54, 1.807) is 85.1 Å². The van der Waals surface area contributed by atoms with Crippen LogP contribution in [-0.2, 0) is 20.0 Å². The fraction of sp³-hybridized carbons (Fsp3) is 0. The van der Waals surface area contributed by atoms with Crippen LogP contribution in [0.1, 0.15) is 11.1 Å². The number of nitrogens with zero attached hydrogens (tertiary/aromatic N) is 3. The smallest absolute Gasteiger partial charge is 0.306 e. The van der Waals surface area contributed by atoms with Crippen LogP contribution in [0.15, 0.2) is 156 Å². The Morgan fingerprint density at radius 2 is 1.05 bits per heavy atom. The van der Waals surface area contributed by atoms with Gasteiger partial charge in [0.05, 0.1) is 82.2 Å². The number of rotatable bonds is 10.